The Morgan fingerprint density at radius 1 is 0.700 bits per heavy atom. The first-order chi connectivity index (χ1) is 4.85. The molecule has 0 aromatic rings. The molecule has 0 nitrogen and oxygen atoms in total. The van der Waals surface area contributed by atoms with Crippen LogP contribution in [0.15, 0.2) is 0 Å². The van der Waals surface area contributed by atoms with Crippen LogP contribution in [0, 0.1) is 0 Å². The van der Waals surface area contributed by atoms with E-state index in [1.807, 2.05) is 0 Å². The van der Waals surface area contributed by atoms with Gasteiger partial charge in [-0.2, -0.15) is 0 Å². The fourth-order valence-corrected chi connectivity index (χ4v) is 8.61. The predicted octanol–water partition coefficient (Wildman–Crippen LogP) is 3.71. The average Bonchev–Trinajstić information content (AvgIpc) is 1.90. The first-order valence-corrected chi connectivity index (χ1v) is 9.99. The van der Waals surface area contributed by atoms with Crippen LogP contribution in [0.3, 0.4) is 0 Å². The van der Waals surface area contributed by atoms with Crippen molar-refractivity contribution in [3.05, 3.63) is 0 Å². The van der Waals surface area contributed by atoms with Gasteiger partial charge in [-0.1, -0.05) is 0 Å². The molecule has 0 spiro atoms. The minimum absolute atomic E-state index is 0.675. The van der Waals surface area contributed by atoms with Gasteiger partial charge >= 0.3 is 71.2 Å². The van der Waals surface area contributed by atoms with Gasteiger partial charge in [0.15, 0.2) is 0 Å². The number of rotatable bonds is 6. The summed E-state index contributed by atoms with van der Waals surface area (Å²) in [5.41, 5.74) is 0. The summed E-state index contributed by atoms with van der Waals surface area (Å²) in [6.07, 6.45) is 4.35. The molecule has 0 heterocycles. The van der Waals surface area contributed by atoms with Gasteiger partial charge in [-0.3, -0.25) is 0 Å². The Morgan fingerprint density at radius 3 is 1.20 bits per heavy atom. The van der Waals surface area contributed by atoms with Crippen molar-refractivity contribution in [2.45, 2.75) is 55.0 Å². The zero-order valence-corrected chi connectivity index (χ0v) is 10.2. The summed E-state index contributed by atoms with van der Waals surface area (Å²) in [4.78, 5) is 4.90. The van der Waals surface area contributed by atoms with Crippen molar-refractivity contribution in [3.8, 4) is 0 Å². The third kappa shape index (κ3) is 5.42. The minimum atomic E-state index is -0.675. The quantitative estimate of drug-likeness (QED) is 0.572. The average molecular weight is 199 g/mol. The summed E-state index contributed by atoms with van der Waals surface area (Å²) in [5, 5.41) is 0. The maximum absolute atomic E-state index is 2.34. The summed E-state index contributed by atoms with van der Waals surface area (Å²) >= 11 is -0.675. The van der Waals surface area contributed by atoms with Crippen molar-refractivity contribution in [3.63, 3.8) is 0 Å². The molecule has 0 aliphatic heterocycles. The van der Waals surface area contributed by atoms with Gasteiger partial charge in [0, 0.05) is 0 Å². The van der Waals surface area contributed by atoms with Gasteiger partial charge in [0.1, 0.15) is 0 Å². The van der Waals surface area contributed by atoms with Gasteiger partial charge in [-0.15, -0.1) is 0 Å². The molecule has 0 aliphatic rings. The van der Waals surface area contributed by atoms with Gasteiger partial charge in [0.25, 0.3) is 0 Å². The van der Waals surface area contributed by atoms with Crippen molar-refractivity contribution in [2.24, 2.45) is 0 Å². The molecular formula is C9H21Ga. The molecule has 0 aromatic heterocycles. The summed E-state index contributed by atoms with van der Waals surface area (Å²) in [6.45, 7) is 7.01. The van der Waals surface area contributed by atoms with Crippen LogP contribution in [-0.4, -0.2) is 16.2 Å². The molecule has 0 bridgehead atoms. The molecule has 0 saturated heterocycles. The number of hydrogen-bond acceptors (Lipinski definition) is 0. The van der Waals surface area contributed by atoms with Gasteiger partial charge in [0.2, 0.25) is 0 Å². The van der Waals surface area contributed by atoms with Crippen LogP contribution < -0.4 is 0 Å². The summed E-state index contributed by atoms with van der Waals surface area (Å²) < 4.78 is 0. The molecule has 0 amide bonds. The van der Waals surface area contributed by atoms with Crippen molar-refractivity contribution >= 4 is 16.2 Å². The summed E-state index contributed by atoms with van der Waals surface area (Å²) in [5.74, 6) is 0. The fourth-order valence-electron chi connectivity index (χ4n) is 1.66. The van der Waals surface area contributed by atoms with Gasteiger partial charge in [0.05, 0.1) is 0 Å². The van der Waals surface area contributed by atoms with E-state index in [9.17, 15) is 0 Å². The fraction of sp³-hybridized carbons (Fsp3) is 1.00. The molecular weight excluding hydrogens is 178 g/mol. The van der Waals surface area contributed by atoms with Crippen LogP contribution in [0.1, 0.15) is 40.0 Å². The van der Waals surface area contributed by atoms with Crippen molar-refractivity contribution < 1.29 is 0 Å². The monoisotopic (exact) mass is 198 g/mol. The standard InChI is InChI=1S/3C3H7.Ga/c3*1-3-2;/h3*1,3H2,2H3;. The molecule has 0 unspecified atom stereocenters. The Morgan fingerprint density at radius 2 is 1.00 bits per heavy atom. The molecule has 0 aliphatic carbocycles. The molecule has 60 valence electrons. The van der Waals surface area contributed by atoms with Crippen LogP contribution in [-0.2, 0) is 0 Å². The van der Waals surface area contributed by atoms with Crippen LogP contribution in [0.2, 0.25) is 14.9 Å². The van der Waals surface area contributed by atoms with Crippen LogP contribution >= 0.6 is 0 Å². The van der Waals surface area contributed by atoms with Crippen molar-refractivity contribution in [1.29, 1.82) is 0 Å². The molecule has 0 saturated carbocycles. The van der Waals surface area contributed by atoms with E-state index >= 15 is 0 Å². The Bertz CT molecular complexity index is 47.5. The van der Waals surface area contributed by atoms with E-state index < -0.39 is 16.2 Å². The van der Waals surface area contributed by atoms with Gasteiger partial charge < -0.3 is 0 Å². The van der Waals surface area contributed by atoms with E-state index in [4.69, 9.17) is 0 Å². The van der Waals surface area contributed by atoms with E-state index in [1.54, 1.807) is 14.9 Å². The molecule has 0 rings (SSSR count). The molecule has 0 atom stereocenters. The molecule has 0 N–H and O–H groups in total. The first kappa shape index (κ1) is 10.6. The third-order valence-corrected chi connectivity index (χ3v) is 10.9. The topological polar surface area (TPSA) is 0 Å². The van der Waals surface area contributed by atoms with E-state index in [0.29, 0.717) is 0 Å². The van der Waals surface area contributed by atoms with Crippen molar-refractivity contribution in [1.82, 2.24) is 0 Å². The zero-order chi connectivity index (χ0) is 7.82. The molecule has 0 radical (unpaired) electrons. The van der Waals surface area contributed by atoms with Gasteiger partial charge in [-0.05, 0) is 0 Å². The Hall–Kier alpha value is 0.636. The second kappa shape index (κ2) is 7.74. The Balaban J connectivity index is 3.30. The Kier molecular flexibility index (Phi) is 8.23. The predicted molar refractivity (Wildman–Crippen MR) is 51.0 cm³/mol. The van der Waals surface area contributed by atoms with Crippen LogP contribution in [0.5, 0.6) is 0 Å². The van der Waals surface area contributed by atoms with Crippen LogP contribution in [0.4, 0.5) is 0 Å². The third-order valence-electron chi connectivity index (χ3n) is 2.09. The second-order valence-corrected chi connectivity index (χ2v) is 10.5. The van der Waals surface area contributed by atoms with Crippen molar-refractivity contribution in [2.75, 3.05) is 0 Å². The zero-order valence-electron chi connectivity index (χ0n) is 7.82. The first-order valence-electron chi connectivity index (χ1n) is 4.85. The number of hydrogen-bond donors (Lipinski definition) is 0. The molecule has 0 fully saturated rings. The van der Waals surface area contributed by atoms with Crippen LogP contribution in [0.25, 0.3) is 0 Å². The maximum atomic E-state index is 2.34. The van der Waals surface area contributed by atoms with E-state index in [2.05, 4.69) is 20.8 Å². The Labute approximate surface area is 71.4 Å². The second-order valence-electron chi connectivity index (χ2n) is 3.23. The molecule has 10 heavy (non-hydrogen) atoms. The summed E-state index contributed by atoms with van der Waals surface area (Å²) in [7, 11) is 0. The molecule has 1 heteroatoms. The summed E-state index contributed by atoms with van der Waals surface area (Å²) in [6, 6.07) is 0. The van der Waals surface area contributed by atoms with E-state index in [0.717, 1.165) is 0 Å². The van der Waals surface area contributed by atoms with E-state index in [1.165, 1.54) is 19.3 Å². The normalized spacial score (nSPS) is 9.90. The molecule has 0 aromatic carbocycles. The SMILES string of the molecule is CC[CH2][Ga]([CH2]CC)[CH2]CC. The van der Waals surface area contributed by atoms with Gasteiger partial charge in [-0.25, -0.2) is 0 Å². The van der Waals surface area contributed by atoms with E-state index in [-0.39, 0.29) is 0 Å².